The molecule has 2 aromatic carbocycles. The molecule has 0 saturated heterocycles. The van der Waals surface area contributed by atoms with E-state index in [9.17, 15) is 13.2 Å². The van der Waals surface area contributed by atoms with Crippen LogP contribution in [0.25, 0.3) is 0 Å². The highest BCUT2D eigenvalue weighted by Crippen LogP contribution is 2.33. The van der Waals surface area contributed by atoms with Crippen LogP contribution >= 0.6 is 0 Å². The number of sulfonamides is 1. The van der Waals surface area contributed by atoms with E-state index in [2.05, 4.69) is 9.82 Å². The number of amides is 1. The molecule has 1 N–H and O–H groups in total. The van der Waals surface area contributed by atoms with Gasteiger partial charge in [-0.1, -0.05) is 42.0 Å². The van der Waals surface area contributed by atoms with E-state index in [0.717, 1.165) is 22.4 Å². The second-order valence-electron chi connectivity index (χ2n) is 6.62. The summed E-state index contributed by atoms with van der Waals surface area (Å²) >= 11 is 0. The van der Waals surface area contributed by atoms with Gasteiger partial charge in [0.1, 0.15) is 0 Å². The second-order valence-corrected chi connectivity index (χ2v) is 8.63. The molecule has 1 aliphatic heterocycles. The third-order valence-electron chi connectivity index (χ3n) is 4.57. The smallest absolute Gasteiger partial charge is 0.240 e. The molecule has 7 heteroatoms. The zero-order valence-electron chi connectivity index (χ0n) is 15.6. The molecule has 3 rings (SSSR count). The lowest BCUT2D eigenvalue weighted by atomic mass is 9.97. The van der Waals surface area contributed by atoms with Crippen LogP contribution in [-0.4, -0.2) is 30.8 Å². The van der Waals surface area contributed by atoms with Gasteiger partial charge in [-0.2, -0.15) is 5.10 Å². The number of nitrogens with one attached hydrogen (secondary N) is 1. The standard InChI is InChI=1S/C20H23N3O3S/c1-4-27(25,26)22-18-11-9-16(10-12-18)19-13-20(23(21-19)15(3)24)17-7-5-14(2)6-8-17/h5-12,20,22H,4,13H2,1-3H3/t20-/m0/s1. The Morgan fingerprint density at radius 2 is 1.78 bits per heavy atom. The lowest BCUT2D eigenvalue weighted by Crippen LogP contribution is -2.24. The summed E-state index contributed by atoms with van der Waals surface area (Å²) in [5.74, 6) is -0.0873. The zero-order chi connectivity index (χ0) is 19.6. The van der Waals surface area contributed by atoms with Gasteiger partial charge in [-0.3, -0.25) is 9.52 Å². The van der Waals surface area contributed by atoms with Crippen molar-refractivity contribution < 1.29 is 13.2 Å². The zero-order valence-corrected chi connectivity index (χ0v) is 16.5. The van der Waals surface area contributed by atoms with Crippen LogP contribution in [0.5, 0.6) is 0 Å². The van der Waals surface area contributed by atoms with Crippen LogP contribution in [0.3, 0.4) is 0 Å². The number of anilines is 1. The number of aryl methyl sites for hydroxylation is 1. The fraction of sp³-hybridized carbons (Fsp3) is 0.300. The van der Waals surface area contributed by atoms with Gasteiger partial charge >= 0.3 is 0 Å². The SMILES string of the molecule is CCS(=O)(=O)Nc1ccc(C2=NN(C(C)=O)[C@H](c3ccc(C)cc3)C2)cc1. The fourth-order valence-electron chi connectivity index (χ4n) is 3.01. The second kappa shape index (κ2) is 7.52. The summed E-state index contributed by atoms with van der Waals surface area (Å²) < 4.78 is 25.9. The molecule has 1 amide bonds. The van der Waals surface area contributed by atoms with Crippen molar-refractivity contribution in [2.24, 2.45) is 5.10 Å². The number of carbonyl (C=O) groups excluding carboxylic acids is 1. The molecule has 0 spiro atoms. The Morgan fingerprint density at radius 1 is 1.15 bits per heavy atom. The highest BCUT2D eigenvalue weighted by Gasteiger charge is 2.31. The number of rotatable bonds is 5. The van der Waals surface area contributed by atoms with Gasteiger partial charge in [-0.15, -0.1) is 0 Å². The van der Waals surface area contributed by atoms with Gasteiger partial charge in [0.05, 0.1) is 17.5 Å². The summed E-state index contributed by atoms with van der Waals surface area (Å²) in [5, 5.41) is 6.04. The highest BCUT2D eigenvalue weighted by molar-refractivity contribution is 7.92. The van der Waals surface area contributed by atoms with Gasteiger partial charge in [0.25, 0.3) is 0 Å². The molecule has 27 heavy (non-hydrogen) atoms. The molecule has 6 nitrogen and oxygen atoms in total. The normalized spacial score (nSPS) is 16.9. The molecule has 2 aromatic rings. The van der Waals surface area contributed by atoms with Crippen LogP contribution in [0.4, 0.5) is 5.69 Å². The molecule has 0 aromatic heterocycles. The van der Waals surface area contributed by atoms with Crippen molar-refractivity contribution in [3.63, 3.8) is 0 Å². The van der Waals surface area contributed by atoms with Crippen molar-refractivity contribution in [1.82, 2.24) is 5.01 Å². The van der Waals surface area contributed by atoms with Gasteiger partial charge in [0.2, 0.25) is 15.9 Å². The topological polar surface area (TPSA) is 78.8 Å². The van der Waals surface area contributed by atoms with Crippen molar-refractivity contribution in [1.29, 1.82) is 0 Å². The van der Waals surface area contributed by atoms with Crippen molar-refractivity contribution in [3.05, 3.63) is 65.2 Å². The Hall–Kier alpha value is -2.67. The maximum Gasteiger partial charge on any atom is 0.240 e. The van der Waals surface area contributed by atoms with Gasteiger partial charge in [0, 0.05) is 19.0 Å². The Labute approximate surface area is 159 Å². The van der Waals surface area contributed by atoms with E-state index in [1.165, 1.54) is 11.9 Å². The van der Waals surface area contributed by atoms with Crippen LogP contribution in [0.15, 0.2) is 53.6 Å². The first kappa shape index (κ1) is 19.1. The average molecular weight is 385 g/mol. The molecule has 0 radical (unpaired) electrons. The monoisotopic (exact) mass is 385 g/mol. The molecular weight excluding hydrogens is 362 g/mol. The maximum atomic E-state index is 12.1. The van der Waals surface area contributed by atoms with E-state index in [-0.39, 0.29) is 17.7 Å². The number of nitrogens with zero attached hydrogens (tertiary/aromatic N) is 2. The van der Waals surface area contributed by atoms with Crippen LogP contribution in [0.1, 0.15) is 43.0 Å². The number of hydrazone groups is 1. The molecule has 0 bridgehead atoms. The quantitative estimate of drug-likeness (QED) is 0.856. The van der Waals surface area contributed by atoms with Crippen molar-refractivity contribution in [2.75, 3.05) is 10.5 Å². The van der Waals surface area contributed by atoms with Crippen molar-refractivity contribution in [3.8, 4) is 0 Å². The van der Waals surface area contributed by atoms with Gasteiger partial charge < -0.3 is 0 Å². The minimum Gasteiger partial charge on any atom is -0.284 e. The molecule has 0 unspecified atom stereocenters. The van der Waals surface area contributed by atoms with Crippen LogP contribution in [0, 0.1) is 6.92 Å². The molecule has 1 atom stereocenters. The molecule has 0 fully saturated rings. The van der Waals surface area contributed by atoms with Crippen LogP contribution in [0.2, 0.25) is 0 Å². The van der Waals surface area contributed by atoms with Gasteiger partial charge in [-0.25, -0.2) is 13.4 Å². The third-order valence-corrected chi connectivity index (χ3v) is 5.87. The summed E-state index contributed by atoms with van der Waals surface area (Å²) in [6, 6.07) is 15.0. The molecule has 1 heterocycles. The molecule has 142 valence electrons. The Balaban J connectivity index is 1.83. The Morgan fingerprint density at radius 3 is 2.33 bits per heavy atom. The fourth-order valence-corrected chi connectivity index (χ4v) is 3.65. The summed E-state index contributed by atoms with van der Waals surface area (Å²) in [6.07, 6.45) is 0.614. The third kappa shape index (κ3) is 4.36. The van der Waals surface area contributed by atoms with E-state index in [1.807, 2.05) is 43.3 Å². The van der Waals surface area contributed by atoms with Crippen molar-refractivity contribution >= 4 is 27.3 Å². The molecule has 0 aliphatic carbocycles. The number of carbonyl (C=O) groups is 1. The Kier molecular flexibility index (Phi) is 5.32. The summed E-state index contributed by atoms with van der Waals surface area (Å²) in [5.41, 5.74) is 4.40. The maximum absolute atomic E-state index is 12.1. The van der Waals surface area contributed by atoms with E-state index >= 15 is 0 Å². The number of benzene rings is 2. The van der Waals surface area contributed by atoms with Crippen LogP contribution in [-0.2, 0) is 14.8 Å². The lowest BCUT2D eigenvalue weighted by Gasteiger charge is -2.20. The molecule has 0 saturated carbocycles. The number of hydrogen-bond donors (Lipinski definition) is 1. The van der Waals surface area contributed by atoms with Gasteiger partial charge in [0.15, 0.2) is 0 Å². The highest BCUT2D eigenvalue weighted by atomic mass is 32.2. The van der Waals surface area contributed by atoms with Gasteiger partial charge in [-0.05, 0) is 37.1 Å². The predicted molar refractivity (Wildman–Crippen MR) is 107 cm³/mol. The minimum atomic E-state index is -3.31. The van der Waals surface area contributed by atoms with Crippen LogP contribution < -0.4 is 4.72 Å². The molecular formula is C20H23N3O3S. The van der Waals surface area contributed by atoms with E-state index in [1.54, 1.807) is 19.1 Å². The van der Waals surface area contributed by atoms with Crippen molar-refractivity contribution in [2.45, 2.75) is 33.2 Å². The first-order valence-electron chi connectivity index (χ1n) is 8.84. The van der Waals surface area contributed by atoms with E-state index in [0.29, 0.717) is 12.1 Å². The Bertz CT molecular complexity index is 965. The van der Waals surface area contributed by atoms with E-state index in [4.69, 9.17) is 0 Å². The summed E-state index contributed by atoms with van der Waals surface area (Å²) in [4.78, 5) is 12.1. The first-order chi connectivity index (χ1) is 12.8. The largest absolute Gasteiger partial charge is 0.284 e. The number of hydrogen-bond acceptors (Lipinski definition) is 4. The summed E-state index contributed by atoms with van der Waals surface area (Å²) in [6.45, 7) is 5.12. The predicted octanol–water partition coefficient (Wildman–Crippen LogP) is 3.45. The molecule has 1 aliphatic rings. The first-order valence-corrected chi connectivity index (χ1v) is 10.5. The lowest BCUT2D eigenvalue weighted by molar-refractivity contribution is -0.130. The van der Waals surface area contributed by atoms with E-state index < -0.39 is 10.0 Å². The summed E-state index contributed by atoms with van der Waals surface area (Å²) in [7, 11) is -3.31. The minimum absolute atomic E-state index is 0.0211. The average Bonchev–Trinajstić information content (AvgIpc) is 3.08.